The number of urea groups is 1. The molecular formula is C37H64N4O3. The smallest absolute Gasteiger partial charge is 0.327 e. The van der Waals surface area contributed by atoms with Crippen molar-refractivity contribution in [2.24, 2.45) is 23.5 Å². The SMILES string of the molecule is CCCCCCCC/C=C/CCCCCCCC(=O)NC(CCCCN)CN1CC(=O)N(C23CC4C[C@H](C2)C[C@@H](C4)C3)C1=O. The summed E-state index contributed by atoms with van der Waals surface area (Å²) in [5.74, 6) is 2.07. The van der Waals surface area contributed by atoms with Crippen molar-refractivity contribution in [2.45, 2.75) is 166 Å². The minimum Gasteiger partial charge on any atom is -0.352 e. The van der Waals surface area contributed by atoms with Crippen molar-refractivity contribution in [1.29, 1.82) is 0 Å². The molecule has 5 fully saturated rings. The molecule has 250 valence electrons. The monoisotopic (exact) mass is 612 g/mol. The summed E-state index contributed by atoms with van der Waals surface area (Å²) in [5, 5.41) is 3.23. The van der Waals surface area contributed by atoms with Gasteiger partial charge in [0.15, 0.2) is 0 Å². The molecule has 1 saturated heterocycles. The molecule has 5 rings (SSSR count). The van der Waals surface area contributed by atoms with E-state index < -0.39 is 0 Å². The lowest BCUT2D eigenvalue weighted by atomic mass is 9.52. The van der Waals surface area contributed by atoms with Crippen molar-refractivity contribution in [3.63, 3.8) is 0 Å². The van der Waals surface area contributed by atoms with Gasteiger partial charge in [0.1, 0.15) is 6.54 Å². The molecule has 44 heavy (non-hydrogen) atoms. The molecule has 1 atom stereocenters. The predicted molar refractivity (Wildman–Crippen MR) is 179 cm³/mol. The van der Waals surface area contributed by atoms with Crippen molar-refractivity contribution >= 4 is 17.8 Å². The van der Waals surface area contributed by atoms with Gasteiger partial charge in [-0.15, -0.1) is 0 Å². The standard InChI is InChI=1S/C37H64N4O3/c1-2-3-4-5-6-7-8-9-10-11-12-13-14-15-16-20-34(42)39-33(19-17-18-21-38)28-40-29-35(43)41(36(40)44)37-25-30-22-31(26-37)24-32(23-30)27-37/h9-10,30-33H,2-8,11-29,38H2,1H3,(H,39,42)/b10-9+/t30-,31+,32?,33?,37?. The van der Waals surface area contributed by atoms with Gasteiger partial charge in [0, 0.05) is 19.0 Å². The fourth-order valence-corrected chi connectivity index (χ4v) is 9.16. The molecule has 0 aromatic heterocycles. The molecule has 0 radical (unpaired) electrons. The summed E-state index contributed by atoms with van der Waals surface area (Å²) in [6, 6.07) is -0.252. The Bertz CT molecular complexity index is 898. The van der Waals surface area contributed by atoms with E-state index in [0.717, 1.165) is 51.4 Å². The van der Waals surface area contributed by atoms with Gasteiger partial charge in [-0.05, 0) is 108 Å². The van der Waals surface area contributed by atoms with Crippen LogP contribution in [0.1, 0.15) is 155 Å². The summed E-state index contributed by atoms with van der Waals surface area (Å²) >= 11 is 0. The summed E-state index contributed by atoms with van der Waals surface area (Å²) < 4.78 is 0. The lowest BCUT2D eigenvalue weighted by molar-refractivity contribution is -0.138. The van der Waals surface area contributed by atoms with Gasteiger partial charge in [-0.1, -0.05) is 76.9 Å². The summed E-state index contributed by atoms with van der Waals surface area (Å²) in [7, 11) is 0. The molecule has 1 heterocycles. The van der Waals surface area contributed by atoms with Crippen molar-refractivity contribution in [2.75, 3.05) is 19.6 Å². The normalized spacial score (nSPS) is 26.8. The van der Waals surface area contributed by atoms with Crippen LogP contribution in [0, 0.1) is 17.8 Å². The highest BCUT2D eigenvalue weighted by Crippen LogP contribution is 2.58. The Labute approximate surface area is 268 Å². The maximum atomic E-state index is 13.7. The number of hydrogen-bond donors (Lipinski definition) is 2. The first-order valence-corrected chi connectivity index (χ1v) is 18.7. The van der Waals surface area contributed by atoms with Crippen LogP contribution >= 0.6 is 0 Å². The Morgan fingerprint density at radius 1 is 0.841 bits per heavy atom. The molecular weight excluding hydrogens is 548 g/mol. The first kappa shape index (κ1) is 35.0. The quantitative estimate of drug-likeness (QED) is 0.0697. The van der Waals surface area contributed by atoms with Crippen LogP contribution in [0.25, 0.3) is 0 Å². The maximum Gasteiger partial charge on any atom is 0.327 e. The first-order chi connectivity index (χ1) is 21.4. The van der Waals surface area contributed by atoms with E-state index in [1.807, 2.05) is 0 Å². The van der Waals surface area contributed by atoms with Crippen LogP contribution in [0.15, 0.2) is 12.2 Å². The average molecular weight is 613 g/mol. The molecule has 3 N–H and O–H groups in total. The maximum absolute atomic E-state index is 13.7. The summed E-state index contributed by atoms with van der Waals surface area (Å²) in [4.78, 5) is 43.3. The zero-order valence-corrected chi connectivity index (χ0v) is 28.0. The van der Waals surface area contributed by atoms with Gasteiger partial charge in [0.2, 0.25) is 5.91 Å². The number of rotatable bonds is 23. The molecule has 4 amide bonds. The van der Waals surface area contributed by atoms with Gasteiger partial charge in [0.05, 0.1) is 5.54 Å². The lowest BCUT2D eigenvalue weighted by Crippen LogP contribution is -2.62. The molecule has 4 bridgehead atoms. The zero-order chi connectivity index (χ0) is 31.2. The van der Waals surface area contributed by atoms with Crippen molar-refractivity contribution < 1.29 is 14.4 Å². The molecule has 1 unspecified atom stereocenters. The van der Waals surface area contributed by atoms with Crippen LogP contribution in [0.5, 0.6) is 0 Å². The van der Waals surface area contributed by atoms with E-state index in [1.54, 1.807) is 9.80 Å². The van der Waals surface area contributed by atoms with E-state index >= 15 is 0 Å². The Kier molecular flexibility index (Phi) is 14.5. The second-order valence-electron chi connectivity index (χ2n) is 14.9. The molecule has 4 saturated carbocycles. The third-order valence-electron chi connectivity index (χ3n) is 11.0. The van der Waals surface area contributed by atoms with Crippen LogP contribution in [-0.2, 0) is 9.59 Å². The van der Waals surface area contributed by atoms with E-state index in [0.29, 0.717) is 37.3 Å². The first-order valence-electron chi connectivity index (χ1n) is 18.7. The van der Waals surface area contributed by atoms with E-state index in [9.17, 15) is 14.4 Å². The highest BCUT2D eigenvalue weighted by molar-refractivity contribution is 6.03. The van der Waals surface area contributed by atoms with Gasteiger partial charge in [-0.25, -0.2) is 4.79 Å². The van der Waals surface area contributed by atoms with Crippen molar-refractivity contribution in [3.05, 3.63) is 12.2 Å². The summed E-state index contributed by atoms with van der Waals surface area (Å²) in [6.07, 6.45) is 30.8. The van der Waals surface area contributed by atoms with Crippen LogP contribution < -0.4 is 11.1 Å². The fourth-order valence-electron chi connectivity index (χ4n) is 9.16. The lowest BCUT2D eigenvalue weighted by Gasteiger charge is -2.58. The predicted octanol–water partition coefficient (Wildman–Crippen LogP) is 7.87. The van der Waals surface area contributed by atoms with E-state index in [4.69, 9.17) is 5.73 Å². The number of hydrogen-bond acceptors (Lipinski definition) is 4. The summed E-state index contributed by atoms with van der Waals surface area (Å²) in [6.45, 7) is 3.45. The van der Waals surface area contributed by atoms with Gasteiger partial charge in [-0.2, -0.15) is 0 Å². The summed E-state index contributed by atoms with van der Waals surface area (Å²) in [5.41, 5.74) is 5.50. The number of carbonyl (C=O) groups excluding carboxylic acids is 3. The van der Waals surface area contributed by atoms with E-state index in [-0.39, 0.29) is 36.0 Å². The average Bonchev–Trinajstić information content (AvgIpc) is 3.27. The highest BCUT2D eigenvalue weighted by Gasteiger charge is 2.58. The number of nitrogens with one attached hydrogen (secondary N) is 1. The molecule has 0 spiro atoms. The number of carbonyl (C=O) groups is 3. The number of nitrogens with two attached hydrogens (primary N) is 1. The second-order valence-corrected chi connectivity index (χ2v) is 14.9. The number of nitrogens with zero attached hydrogens (tertiary/aromatic N) is 2. The molecule has 1 aliphatic heterocycles. The number of imide groups is 1. The Balaban J connectivity index is 1.12. The van der Waals surface area contributed by atoms with Crippen molar-refractivity contribution in [1.82, 2.24) is 15.1 Å². The van der Waals surface area contributed by atoms with E-state index in [1.165, 1.54) is 89.9 Å². The third-order valence-corrected chi connectivity index (χ3v) is 11.0. The van der Waals surface area contributed by atoms with Crippen LogP contribution in [-0.4, -0.2) is 58.9 Å². The minimum absolute atomic E-state index is 0.0303. The highest BCUT2D eigenvalue weighted by atomic mass is 16.2. The van der Waals surface area contributed by atoms with Crippen LogP contribution in [0.2, 0.25) is 0 Å². The van der Waals surface area contributed by atoms with Gasteiger partial charge >= 0.3 is 6.03 Å². The van der Waals surface area contributed by atoms with E-state index in [2.05, 4.69) is 24.4 Å². The molecule has 5 aliphatic rings. The van der Waals surface area contributed by atoms with Crippen LogP contribution in [0.3, 0.4) is 0 Å². The molecule has 7 nitrogen and oxygen atoms in total. The molecule has 0 aromatic carbocycles. The number of unbranched alkanes of at least 4 members (excludes halogenated alkanes) is 12. The second kappa shape index (κ2) is 18.3. The van der Waals surface area contributed by atoms with Gasteiger partial charge in [0.25, 0.3) is 5.91 Å². The van der Waals surface area contributed by atoms with Crippen molar-refractivity contribution in [3.8, 4) is 0 Å². The Morgan fingerprint density at radius 2 is 1.41 bits per heavy atom. The zero-order valence-electron chi connectivity index (χ0n) is 28.0. The Morgan fingerprint density at radius 3 is 2.00 bits per heavy atom. The number of allylic oxidation sites excluding steroid dienone is 2. The van der Waals surface area contributed by atoms with Crippen LogP contribution in [0.4, 0.5) is 4.79 Å². The topological polar surface area (TPSA) is 95.7 Å². The van der Waals surface area contributed by atoms with Gasteiger partial charge < -0.3 is 16.0 Å². The number of amides is 4. The fraction of sp³-hybridized carbons (Fsp3) is 0.865. The molecule has 4 aliphatic carbocycles. The van der Waals surface area contributed by atoms with Gasteiger partial charge in [-0.3, -0.25) is 14.5 Å². The molecule has 0 aromatic rings. The minimum atomic E-state index is -0.250. The largest absolute Gasteiger partial charge is 0.352 e. The Hall–Kier alpha value is -1.89. The third kappa shape index (κ3) is 10.3. The molecule has 7 heteroatoms.